The second-order valence-corrected chi connectivity index (χ2v) is 4.54. The summed E-state index contributed by atoms with van der Waals surface area (Å²) in [5, 5.41) is 2.55. The lowest BCUT2D eigenvalue weighted by Gasteiger charge is -2.33. The van der Waals surface area contributed by atoms with E-state index in [1.165, 1.54) is 0 Å². The van der Waals surface area contributed by atoms with E-state index in [9.17, 15) is 9.59 Å². The molecule has 5 heteroatoms. The van der Waals surface area contributed by atoms with Gasteiger partial charge < -0.3 is 10.2 Å². The fraction of sp³-hybridized carbons (Fsp3) is 0.778. The number of hydrogen-bond donors (Lipinski definition) is 1. The van der Waals surface area contributed by atoms with Gasteiger partial charge in [-0.25, -0.2) is 0 Å². The molecule has 1 aliphatic heterocycles. The average Bonchev–Trinajstić information content (AvgIpc) is 2.20. The molecule has 1 N–H and O–H groups in total. The van der Waals surface area contributed by atoms with Crippen molar-refractivity contribution in [3.63, 3.8) is 0 Å². The number of likely N-dealkylation sites (N-methyl/N-ethyl adjacent to an activating group) is 1. The zero-order valence-corrected chi connectivity index (χ0v) is 10.0. The van der Waals surface area contributed by atoms with Crippen molar-refractivity contribution in [1.29, 1.82) is 0 Å². The van der Waals surface area contributed by atoms with Gasteiger partial charge in [0.2, 0.25) is 11.8 Å². The van der Waals surface area contributed by atoms with Crippen molar-refractivity contribution in [1.82, 2.24) is 10.2 Å². The van der Waals surface area contributed by atoms with Crippen molar-refractivity contribution in [3.8, 4) is 0 Å². The largest absolute Gasteiger partial charge is 0.357 e. The number of nitrogens with one attached hydrogen (secondary N) is 1. The summed E-state index contributed by atoms with van der Waals surface area (Å²) >= 11 is 3.31. The molecule has 0 radical (unpaired) electrons. The maximum absolute atomic E-state index is 11.7. The molecule has 0 saturated carbocycles. The third kappa shape index (κ3) is 2.26. The number of carbonyl (C=O) groups excluding carboxylic acids is 2. The highest BCUT2D eigenvalue weighted by atomic mass is 79.9. The smallest absolute Gasteiger partial charge is 0.242 e. The Kier molecular flexibility index (Phi) is 3.92. The molecular formula is C9H15BrN2O2. The fourth-order valence-electron chi connectivity index (χ4n) is 1.59. The van der Waals surface area contributed by atoms with Crippen LogP contribution in [0.5, 0.6) is 0 Å². The lowest BCUT2D eigenvalue weighted by molar-refractivity contribution is -0.140. The molecule has 0 aromatic carbocycles. The minimum atomic E-state index is -0.368. The van der Waals surface area contributed by atoms with Crippen molar-refractivity contribution >= 4 is 27.7 Å². The predicted octanol–water partition coefficient (Wildman–Crippen LogP) is 0.507. The number of nitrogens with zero attached hydrogens (tertiary/aromatic N) is 1. The second-order valence-electron chi connectivity index (χ2n) is 3.43. The summed E-state index contributed by atoms with van der Waals surface area (Å²) in [6.07, 6.45) is 1.80. The maximum Gasteiger partial charge on any atom is 0.242 e. The molecule has 1 aliphatic rings. The predicted molar refractivity (Wildman–Crippen MR) is 57.2 cm³/mol. The number of carbonyl (C=O) groups is 2. The molecule has 2 atom stereocenters. The first-order chi connectivity index (χ1) is 6.57. The van der Waals surface area contributed by atoms with Crippen LogP contribution in [0, 0.1) is 0 Å². The van der Waals surface area contributed by atoms with E-state index in [4.69, 9.17) is 0 Å². The summed E-state index contributed by atoms with van der Waals surface area (Å²) in [4.78, 5) is 24.5. The van der Waals surface area contributed by atoms with Gasteiger partial charge in [0.15, 0.2) is 0 Å². The fourth-order valence-corrected chi connectivity index (χ4v) is 2.18. The SMILES string of the molecule is CNC(=O)C(C)N1CCCC(Br)C1=O. The van der Waals surface area contributed by atoms with E-state index in [1.54, 1.807) is 18.9 Å². The molecule has 0 aromatic rings. The first-order valence-corrected chi connectivity index (χ1v) is 5.65. The summed E-state index contributed by atoms with van der Waals surface area (Å²) in [7, 11) is 1.58. The van der Waals surface area contributed by atoms with Crippen LogP contribution >= 0.6 is 15.9 Å². The highest BCUT2D eigenvalue weighted by Gasteiger charge is 2.32. The van der Waals surface area contributed by atoms with E-state index in [1.807, 2.05) is 0 Å². The molecule has 4 nitrogen and oxygen atoms in total. The Morgan fingerprint density at radius 3 is 2.93 bits per heavy atom. The molecule has 1 saturated heterocycles. The maximum atomic E-state index is 11.7. The number of rotatable bonds is 2. The Bertz CT molecular complexity index is 245. The average molecular weight is 263 g/mol. The number of likely N-dealkylation sites (tertiary alicyclic amines) is 1. The molecule has 0 bridgehead atoms. The van der Waals surface area contributed by atoms with E-state index in [2.05, 4.69) is 21.2 Å². The van der Waals surface area contributed by atoms with Gasteiger partial charge in [0.05, 0.1) is 4.83 Å². The number of hydrogen-bond acceptors (Lipinski definition) is 2. The summed E-state index contributed by atoms with van der Waals surface area (Å²) in [5.74, 6) is -0.0905. The monoisotopic (exact) mass is 262 g/mol. The van der Waals surface area contributed by atoms with Crippen LogP contribution in [-0.2, 0) is 9.59 Å². The molecule has 1 rings (SSSR count). The van der Waals surface area contributed by atoms with Crippen LogP contribution in [0.25, 0.3) is 0 Å². The van der Waals surface area contributed by atoms with Gasteiger partial charge in [0.25, 0.3) is 0 Å². The molecule has 1 fully saturated rings. The zero-order chi connectivity index (χ0) is 10.7. The highest BCUT2D eigenvalue weighted by molar-refractivity contribution is 9.10. The van der Waals surface area contributed by atoms with Gasteiger partial charge in [-0.15, -0.1) is 0 Å². The third-order valence-corrected chi connectivity index (χ3v) is 3.35. The van der Waals surface area contributed by atoms with Gasteiger partial charge in [-0.05, 0) is 19.8 Å². The van der Waals surface area contributed by atoms with E-state index in [0.29, 0.717) is 6.54 Å². The standard InChI is InChI=1S/C9H15BrN2O2/c1-6(8(13)11-2)12-5-3-4-7(10)9(12)14/h6-7H,3-5H2,1-2H3,(H,11,13). The number of amides is 2. The third-order valence-electron chi connectivity index (χ3n) is 2.50. The molecule has 80 valence electrons. The topological polar surface area (TPSA) is 49.4 Å². The van der Waals surface area contributed by atoms with E-state index in [0.717, 1.165) is 12.8 Å². The normalized spacial score (nSPS) is 24.6. The van der Waals surface area contributed by atoms with Crippen molar-refractivity contribution in [2.45, 2.75) is 30.6 Å². The lowest BCUT2D eigenvalue weighted by Crippen LogP contribution is -2.52. The van der Waals surface area contributed by atoms with E-state index < -0.39 is 0 Å². The van der Waals surface area contributed by atoms with Crippen molar-refractivity contribution in [2.24, 2.45) is 0 Å². The molecule has 1 heterocycles. The van der Waals surface area contributed by atoms with Crippen LogP contribution < -0.4 is 5.32 Å². The summed E-state index contributed by atoms with van der Waals surface area (Å²) < 4.78 is 0. The van der Waals surface area contributed by atoms with Crippen LogP contribution in [0.15, 0.2) is 0 Å². The summed E-state index contributed by atoms with van der Waals surface area (Å²) in [5.41, 5.74) is 0. The number of alkyl halides is 1. The van der Waals surface area contributed by atoms with Crippen LogP contribution in [-0.4, -0.2) is 41.2 Å². The Morgan fingerprint density at radius 1 is 1.71 bits per heavy atom. The second kappa shape index (κ2) is 4.77. The van der Waals surface area contributed by atoms with Crippen LogP contribution in [0.4, 0.5) is 0 Å². The Hall–Kier alpha value is -0.580. The Morgan fingerprint density at radius 2 is 2.36 bits per heavy atom. The van der Waals surface area contributed by atoms with Crippen molar-refractivity contribution in [3.05, 3.63) is 0 Å². The first kappa shape index (κ1) is 11.5. The van der Waals surface area contributed by atoms with Gasteiger partial charge >= 0.3 is 0 Å². The number of piperidine rings is 1. The minimum absolute atomic E-state index is 0.0207. The zero-order valence-electron chi connectivity index (χ0n) is 8.42. The molecule has 0 aliphatic carbocycles. The van der Waals surface area contributed by atoms with Crippen LogP contribution in [0.3, 0.4) is 0 Å². The van der Waals surface area contributed by atoms with Gasteiger partial charge in [0, 0.05) is 13.6 Å². The molecule has 2 amide bonds. The molecular weight excluding hydrogens is 248 g/mol. The van der Waals surface area contributed by atoms with Crippen molar-refractivity contribution in [2.75, 3.05) is 13.6 Å². The van der Waals surface area contributed by atoms with Crippen molar-refractivity contribution < 1.29 is 9.59 Å². The van der Waals surface area contributed by atoms with Gasteiger partial charge in [0.1, 0.15) is 6.04 Å². The van der Waals surface area contributed by atoms with Crippen LogP contribution in [0.2, 0.25) is 0 Å². The highest BCUT2D eigenvalue weighted by Crippen LogP contribution is 2.20. The first-order valence-electron chi connectivity index (χ1n) is 4.74. The van der Waals surface area contributed by atoms with E-state index >= 15 is 0 Å². The summed E-state index contributed by atoms with van der Waals surface area (Å²) in [6, 6.07) is -0.368. The van der Waals surface area contributed by atoms with E-state index in [-0.39, 0.29) is 22.7 Å². The molecule has 14 heavy (non-hydrogen) atoms. The molecule has 0 spiro atoms. The number of halogens is 1. The lowest BCUT2D eigenvalue weighted by atomic mass is 10.1. The summed E-state index contributed by atoms with van der Waals surface area (Å²) in [6.45, 7) is 2.43. The Labute approximate surface area is 92.2 Å². The van der Waals surface area contributed by atoms with Crippen LogP contribution in [0.1, 0.15) is 19.8 Å². The quantitative estimate of drug-likeness (QED) is 0.738. The minimum Gasteiger partial charge on any atom is -0.357 e. The molecule has 2 unspecified atom stereocenters. The van der Waals surface area contributed by atoms with Gasteiger partial charge in [-0.3, -0.25) is 9.59 Å². The van der Waals surface area contributed by atoms with Gasteiger partial charge in [-0.1, -0.05) is 15.9 Å². The van der Waals surface area contributed by atoms with Gasteiger partial charge in [-0.2, -0.15) is 0 Å². The molecule has 0 aromatic heterocycles. The Balaban J connectivity index is 2.66.